The first-order valence-electron chi connectivity index (χ1n) is 18.8. The number of rotatable bonds is 7. The maximum absolute atomic E-state index is 6.17. The molecule has 0 N–H and O–H groups in total. The van der Waals surface area contributed by atoms with Gasteiger partial charge in [-0.25, -0.2) is 0 Å². The summed E-state index contributed by atoms with van der Waals surface area (Å²) in [6, 6.07) is 39.7. The highest BCUT2D eigenvalue weighted by Gasteiger charge is 2.25. The van der Waals surface area contributed by atoms with Gasteiger partial charge in [-0.05, 0) is 121 Å². The number of allylic oxidation sites excluding steroid dienone is 12. The fourth-order valence-corrected chi connectivity index (χ4v) is 9.21. The van der Waals surface area contributed by atoms with Gasteiger partial charge in [0.05, 0.1) is 22.3 Å². The Morgan fingerprint density at radius 3 is 2.31 bits per heavy atom. The van der Waals surface area contributed by atoms with Gasteiger partial charge >= 0.3 is 0 Å². The average Bonchev–Trinajstić information content (AvgIpc) is 3.60. The van der Waals surface area contributed by atoms with Crippen molar-refractivity contribution >= 4 is 65.4 Å². The number of anilines is 4. The molecule has 0 fully saturated rings. The molecule has 0 saturated carbocycles. The normalized spacial score (nSPS) is 16.6. The summed E-state index contributed by atoms with van der Waals surface area (Å²) >= 11 is 1.84. The number of aryl methyl sites for hydroxylation is 1. The molecule has 0 radical (unpaired) electrons. The number of ether oxygens (including phenoxy) is 1. The van der Waals surface area contributed by atoms with Crippen molar-refractivity contribution < 1.29 is 4.74 Å². The van der Waals surface area contributed by atoms with Crippen LogP contribution in [-0.4, -0.2) is 7.05 Å². The van der Waals surface area contributed by atoms with E-state index in [2.05, 4.69) is 164 Å². The predicted molar refractivity (Wildman–Crippen MR) is 232 cm³/mol. The summed E-state index contributed by atoms with van der Waals surface area (Å²) in [5, 5.41) is 2.54. The molecular weight excluding hydrogens is 677 g/mol. The molecular formula is C50H42N2OS. The molecule has 3 nitrogen and oxygen atoms in total. The first kappa shape index (κ1) is 33.7. The molecule has 6 aromatic rings. The maximum Gasteiger partial charge on any atom is 0.136 e. The molecule has 1 aliphatic heterocycles. The Kier molecular flexibility index (Phi) is 8.98. The Morgan fingerprint density at radius 2 is 1.48 bits per heavy atom. The van der Waals surface area contributed by atoms with Gasteiger partial charge in [0.2, 0.25) is 0 Å². The smallest absolute Gasteiger partial charge is 0.136 e. The van der Waals surface area contributed by atoms with E-state index in [0.29, 0.717) is 0 Å². The Labute approximate surface area is 322 Å². The lowest BCUT2D eigenvalue weighted by Gasteiger charge is -2.31. The van der Waals surface area contributed by atoms with Crippen LogP contribution in [0.25, 0.3) is 31.3 Å². The van der Waals surface area contributed by atoms with Crippen LogP contribution >= 0.6 is 11.3 Å². The second-order valence-electron chi connectivity index (χ2n) is 14.2. The molecule has 0 saturated heterocycles. The van der Waals surface area contributed by atoms with E-state index in [9.17, 15) is 0 Å². The molecule has 2 heterocycles. The lowest BCUT2D eigenvalue weighted by molar-refractivity contribution is 0.480. The highest BCUT2D eigenvalue weighted by molar-refractivity contribution is 7.26. The lowest BCUT2D eigenvalue weighted by atomic mass is 9.85. The van der Waals surface area contributed by atoms with Crippen molar-refractivity contribution in [3.63, 3.8) is 0 Å². The van der Waals surface area contributed by atoms with Gasteiger partial charge in [-0.1, -0.05) is 103 Å². The van der Waals surface area contributed by atoms with Crippen LogP contribution in [0.1, 0.15) is 42.4 Å². The van der Waals surface area contributed by atoms with Crippen molar-refractivity contribution in [1.82, 2.24) is 0 Å². The van der Waals surface area contributed by atoms with E-state index in [1.54, 1.807) is 6.26 Å². The molecule has 0 bridgehead atoms. The van der Waals surface area contributed by atoms with Crippen LogP contribution in [0.4, 0.5) is 22.7 Å². The SMILES string of the molecule is C=C1/C=C\C=C/Oc2cccc(N(c3ccc(C4=CC(C5=CC=CCC5)=C(N(C)c5ccc(C)cc5)CC4)cc3)c3cccc4c3sc3ccccc34)c21. The zero-order chi connectivity index (χ0) is 36.6. The van der Waals surface area contributed by atoms with E-state index in [-0.39, 0.29) is 0 Å². The van der Waals surface area contributed by atoms with Crippen LogP contribution in [-0.2, 0) is 0 Å². The van der Waals surface area contributed by atoms with Crippen molar-refractivity contribution in [2.24, 2.45) is 0 Å². The average molecular weight is 719 g/mol. The predicted octanol–water partition coefficient (Wildman–Crippen LogP) is 14.2. The number of hydrogen-bond donors (Lipinski definition) is 0. The molecule has 264 valence electrons. The molecule has 3 aliphatic rings. The first-order chi connectivity index (χ1) is 26.5. The zero-order valence-corrected chi connectivity index (χ0v) is 31.6. The lowest BCUT2D eigenvalue weighted by Crippen LogP contribution is -2.21. The third kappa shape index (κ3) is 6.23. The van der Waals surface area contributed by atoms with E-state index >= 15 is 0 Å². The van der Waals surface area contributed by atoms with Crippen LogP contribution in [0.2, 0.25) is 0 Å². The van der Waals surface area contributed by atoms with Gasteiger partial charge in [0.25, 0.3) is 0 Å². The fraction of sp³-hybridized carbons (Fsp3) is 0.120. The Morgan fingerprint density at radius 1 is 0.704 bits per heavy atom. The maximum atomic E-state index is 6.17. The van der Waals surface area contributed by atoms with Gasteiger partial charge in [-0.3, -0.25) is 0 Å². The molecule has 0 unspecified atom stereocenters. The molecule has 9 rings (SSSR count). The van der Waals surface area contributed by atoms with Crippen LogP contribution in [0, 0.1) is 6.92 Å². The molecule has 54 heavy (non-hydrogen) atoms. The summed E-state index contributed by atoms with van der Waals surface area (Å²) < 4.78 is 8.70. The molecule has 0 amide bonds. The Balaban J connectivity index is 1.17. The van der Waals surface area contributed by atoms with Crippen molar-refractivity contribution in [2.75, 3.05) is 16.8 Å². The molecule has 4 heteroatoms. The number of fused-ring (bicyclic) bond motifs is 4. The third-order valence-corrected chi connectivity index (χ3v) is 12.0. The Hall–Kier alpha value is -6.10. The molecule has 1 aromatic heterocycles. The zero-order valence-electron chi connectivity index (χ0n) is 30.8. The molecule has 0 spiro atoms. The van der Waals surface area contributed by atoms with E-state index in [4.69, 9.17) is 4.74 Å². The number of hydrogen-bond acceptors (Lipinski definition) is 4. The van der Waals surface area contributed by atoms with Gasteiger partial charge in [0.15, 0.2) is 0 Å². The van der Waals surface area contributed by atoms with Crippen molar-refractivity contribution in [1.29, 1.82) is 0 Å². The number of thiophene rings is 1. The molecule has 2 aliphatic carbocycles. The minimum Gasteiger partial charge on any atom is -0.464 e. The van der Waals surface area contributed by atoms with Gasteiger partial charge in [-0.15, -0.1) is 11.3 Å². The second kappa shape index (κ2) is 14.4. The summed E-state index contributed by atoms with van der Waals surface area (Å²) in [6.07, 6.45) is 21.0. The number of benzene rings is 5. The van der Waals surface area contributed by atoms with Crippen molar-refractivity contribution in [2.45, 2.75) is 32.6 Å². The van der Waals surface area contributed by atoms with Gasteiger partial charge in [0.1, 0.15) is 5.75 Å². The Bertz CT molecular complexity index is 2610. The van der Waals surface area contributed by atoms with Gasteiger partial charge < -0.3 is 14.5 Å². The molecule has 5 aromatic carbocycles. The van der Waals surface area contributed by atoms with Crippen LogP contribution < -0.4 is 14.5 Å². The van der Waals surface area contributed by atoms with Crippen LogP contribution in [0.5, 0.6) is 5.75 Å². The highest BCUT2D eigenvalue weighted by Crippen LogP contribution is 2.48. The summed E-state index contributed by atoms with van der Waals surface area (Å²) in [6.45, 7) is 6.65. The highest BCUT2D eigenvalue weighted by atomic mass is 32.1. The van der Waals surface area contributed by atoms with E-state index < -0.39 is 0 Å². The third-order valence-electron chi connectivity index (χ3n) is 10.8. The minimum atomic E-state index is 0.785. The summed E-state index contributed by atoms with van der Waals surface area (Å²) in [5.41, 5.74) is 14.4. The minimum absolute atomic E-state index is 0.785. The van der Waals surface area contributed by atoms with E-state index in [0.717, 1.165) is 59.6 Å². The van der Waals surface area contributed by atoms with E-state index in [1.165, 1.54) is 59.4 Å². The summed E-state index contributed by atoms with van der Waals surface area (Å²) in [5.74, 6) is 0.785. The second-order valence-corrected chi connectivity index (χ2v) is 15.3. The largest absolute Gasteiger partial charge is 0.464 e. The number of nitrogens with zero attached hydrogens (tertiary/aromatic N) is 2. The first-order valence-corrected chi connectivity index (χ1v) is 19.6. The fourth-order valence-electron chi connectivity index (χ4n) is 8.00. The van der Waals surface area contributed by atoms with Crippen molar-refractivity contribution in [3.05, 3.63) is 198 Å². The monoisotopic (exact) mass is 718 g/mol. The summed E-state index contributed by atoms with van der Waals surface area (Å²) in [7, 11) is 2.22. The van der Waals surface area contributed by atoms with Gasteiger partial charge in [0, 0.05) is 45.2 Å². The van der Waals surface area contributed by atoms with Crippen LogP contribution in [0.15, 0.2) is 181 Å². The summed E-state index contributed by atoms with van der Waals surface area (Å²) in [4.78, 5) is 4.78. The van der Waals surface area contributed by atoms with Crippen molar-refractivity contribution in [3.8, 4) is 5.75 Å². The topological polar surface area (TPSA) is 15.7 Å². The molecule has 0 atom stereocenters. The van der Waals surface area contributed by atoms with E-state index in [1.807, 2.05) is 29.6 Å². The van der Waals surface area contributed by atoms with Crippen LogP contribution in [0.3, 0.4) is 0 Å². The standard InChI is InChI=1S/C50H42N2OS/c1-34-22-27-39(28-23-34)51(3)44-31-26-38(33-43(44)37-14-5-4-6-15-37)36-24-29-40(30-25-36)52(45-18-12-20-47-49(45)35(2)13-9-10-32-53-47)46-19-11-17-42-41-16-7-8-21-48(41)54-50(42)46/h4-5,7-14,16-25,27-30,32-33H,2,6,15,26,31H2,1,3H3/b13-9-,32-10-. The quantitative estimate of drug-likeness (QED) is 0.163. The van der Waals surface area contributed by atoms with Gasteiger partial charge in [-0.2, -0.15) is 0 Å².